The second kappa shape index (κ2) is 12.9. The van der Waals surface area contributed by atoms with Gasteiger partial charge in [-0.2, -0.15) is 0 Å². The van der Waals surface area contributed by atoms with Crippen LogP contribution in [0.1, 0.15) is 79.9 Å². The topological polar surface area (TPSA) is 131 Å². The Morgan fingerprint density at radius 2 is 1.74 bits per heavy atom. The third-order valence-corrected chi connectivity index (χ3v) is 8.47. The second-order valence-electron chi connectivity index (χ2n) is 11.6. The molecule has 0 bridgehead atoms. The Morgan fingerprint density at radius 1 is 1.05 bits per heavy atom. The number of hydroxylamine groups is 1. The summed E-state index contributed by atoms with van der Waals surface area (Å²) in [5, 5.41) is 0.606. The lowest BCUT2D eigenvalue weighted by atomic mass is 9.76. The van der Waals surface area contributed by atoms with E-state index in [1.165, 1.54) is 6.07 Å². The van der Waals surface area contributed by atoms with E-state index in [2.05, 4.69) is 10.2 Å². The summed E-state index contributed by atoms with van der Waals surface area (Å²) in [5.74, 6) is -2.68. The van der Waals surface area contributed by atoms with E-state index >= 15 is 0 Å². The number of halogens is 2. The molecule has 2 N–H and O–H groups in total. The molecule has 2 aliphatic rings. The molecule has 0 spiro atoms. The highest BCUT2D eigenvalue weighted by molar-refractivity contribution is 7.88. The van der Waals surface area contributed by atoms with Gasteiger partial charge in [-0.1, -0.05) is 60.3 Å². The summed E-state index contributed by atoms with van der Waals surface area (Å²) in [6, 6.07) is 9.44. The molecule has 0 unspecified atom stereocenters. The van der Waals surface area contributed by atoms with Gasteiger partial charge >= 0.3 is 5.97 Å². The second-order valence-corrected chi connectivity index (χ2v) is 14.2. The van der Waals surface area contributed by atoms with Crippen molar-refractivity contribution in [1.29, 1.82) is 0 Å². The summed E-state index contributed by atoms with van der Waals surface area (Å²) >= 11 is 12.9. The summed E-state index contributed by atoms with van der Waals surface area (Å²) in [5.41, 5.74) is 2.83. The molecule has 2 aromatic rings. The highest BCUT2D eigenvalue weighted by Gasteiger charge is 2.49. The summed E-state index contributed by atoms with van der Waals surface area (Å²) in [4.78, 5) is 47.2. The zero-order chi connectivity index (χ0) is 30.8. The van der Waals surface area contributed by atoms with Crippen LogP contribution in [0.3, 0.4) is 0 Å². The van der Waals surface area contributed by atoms with E-state index in [-0.39, 0.29) is 10.9 Å². The molecule has 2 amide bonds. The van der Waals surface area contributed by atoms with Crippen molar-refractivity contribution in [3.05, 3.63) is 69.2 Å². The molecule has 228 valence electrons. The number of nitrogens with one attached hydrogen (secondary N) is 2. The van der Waals surface area contributed by atoms with Crippen molar-refractivity contribution in [3.63, 3.8) is 0 Å². The number of ether oxygens (including phenoxy) is 1. The number of carbonyl (C=O) groups excluding carboxylic acids is 3. The molecule has 0 saturated heterocycles. The van der Waals surface area contributed by atoms with Crippen LogP contribution in [0.2, 0.25) is 10.0 Å². The molecule has 1 aliphatic heterocycles. The maximum Gasteiger partial charge on any atom is 0.335 e. The van der Waals surface area contributed by atoms with Crippen molar-refractivity contribution < 1.29 is 32.4 Å². The van der Waals surface area contributed by atoms with E-state index in [1.54, 1.807) is 62.1 Å². The lowest BCUT2D eigenvalue weighted by molar-refractivity contribution is -0.165. The summed E-state index contributed by atoms with van der Waals surface area (Å²) in [7, 11) is -3.61. The molecule has 1 fully saturated rings. The van der Waals surface area contributed by atoms with Crippen LogP contribution >= 0.6 is 23.2 Å². The number of nitrogens with zero attached hydrogens (tertiary/aromatic N) is 1. The predicted molar refractivity (Wildman–Crippen MR) is 159 cm³/mol. The smallest absolute Gasteiger partial charge is 0.335 e. The third-order valence-electron chi connectivity index (χ3n) is 7.17. The van der Waals surface area contributed by atoms with E-state index in [9.17, 15) is 22.8 Å². The van der Waals surface area contributed by atoms with Gasteiger partial charge in [0.05, 0.1) is 18.2 Å². The van der Waals surface area contributed by atoms with Crippen molar-refractivity contribution in [3.8, 4) is 0 Å². The van der Waals surface area contributed by atoms with Gasteiger partial charge in [-0.3, -0.25) is 14.4 Å². The monoisotopic (exact) mass is 639 g/mol. The molecule has 4 rings (SSSR count). The maximum absolute atomic E-state index is 14.2. The van der Waals surface area contributed by atoms with Gasteiger partial charge in [-0.15, -0.1) is 0 Å². The van der Waals surface area contributed by atoms with Gasteiger partial charge < -0.3 is 9.64 Å². The van der Waals surface area contributed by atoms with Crippen molar-refractivity contribution in [1.82, 2.24) is 15.1 Å². The zero-order valence-corrected chi connectivity index (χ0v) is 26.2. The minimum Gasteiger partial charge on any atom is -0.458 e. The van der Waals surface area contributed by atoms with E-state index in [0.29, 0.717) is 34.6 Å². The summed E-state index contributed by atoms with van der Waals surface area (Å²) in [6.07, 6.45) is 3.64. The van der Waals surface area contributed by atoms with Crippen molar-refractivity contribution >= 4 is 51.0 Å². The Kier molecular flexibility index (Phi) is 9.89. The van der Waals surface area contributed by atoms with Crippen molar-refractivity contribution in [2.75, 3.05) is 12.9 Å². The van der Waals surface area contributed by atoms with Crippen LogP contribution < -0.4 is 10.2 Å². The first kappa shape index (κ1) is 32.2. The van der Waals surface area contributed by atoms with Gasteiger partial charge in [-0.05, 0) is 62.9 Å². The van der Waals surface area contributed by atoms with E-state index in [0.717, 1.165) is 19.1 Å². The summed E-state index contributed by atoms with van der Waals surface area (Å²) in [6.45, 7) is 4.61. The van der Waals surface area contributed by atoms with Crippen molar-refractivity contribution in [2.45, 2.75) is 76.1 Å². The maximum atomic E-state index is 14.2. The molecule has 4 atom stereocenters. The first-order chi connectivity index (χ1) is 19.7. The Hall–Kier alpha value is -2.70. The quantitative estimate of drug-likeness (QED) is 0.321. The molecular weight excluding hydrogens is 605 g/mol. The Balaban J connectivity index is 1.79. The van der Waals surface area contributed by atoms with E-state index in [1.807, 2.05) is 0 Å². The fourth-order valence-corrected chi connectivity index (χ4v) is 7.07. The van der Waals surface area contributed by atoms with Crippen LogP contribution in [0.25, 0.3) is 0 Å². The van der Waals surface area contributed by atoms with Gasteiger partial charge in [0.15, 0.2) is 6.61 Å². The first-order valence-electron chi connectivity index (χ1n) is 13.6. The Bertz CT molecular complexity index is 1460. The number of hydrogen-bond acceptors (Lipinski definition) is 7. The minimum atomic E-state index is -3.61. The molecule has 10 nitrogen and oxygen atoms in total. The lowest BCUT2D eigenvalue weighted by Crippen LogP contribution is -2.59. The number of carbonyl (C=O) groups is 3. The largest absolute Gasteiger partial charge is 0.458 e. The van der Waals surface area contributed by atoms with Crippen LogP contribution in [0.4, 0.5) is 0 Å². The molecule has 2 aromatic carbocycles. The third kappa shape index (κ3) is 7.62. The van der Waals surface area contributed by atoms with Crippen LogP contribution in [0.5, 0.6) is 0 Å². The predicted octanol–water partition coefficient (Wildman–Crippen LogP) is 4.52. The van der Waals surface area contributed by atoms with Gasteiger partial charge in [0.25, 0.3) is 11.8 Å². The lowest BCUT2D eigenvalue weighted by Gasteiger charge is -2.49. The standard InChI is InChI=1S/C29H35Cl2N3O7S/c1-29(2,3)41-24(35)16-40-32-27(36)25-18-9-5-6-10-19(18)28(37)34(26(25)20-14-13-17(30)15-21(20)31)23-12-8-7-11-22(23)33-42(4,38)39/h5-6,9-10,13-15,22-23,25-26,33H,7-8,11-12,16H2,1-4H3,(H,32,36)/t22-,23-,25+,26-/m0/s1. The van der Waals surface area contributed by atoms with Crippen LogP contribution in [-0.4, -0.2) is 61.6 Å². The number of sulfonamides is 1. The zero-order valence-electron chi connectivity index (χ0n) is 23.9. The molecule has 1 heterocycles. The van der Waals surface area contributed by atoms with Crippen molar-refractivity contribution in [2.24, 2.45) is 0 Å². The molecule has 13 heteroatoms. The highest BCUT2D eigenvalue weighted by Crippen LogP contribution is 2.47. The normalized spacial score (nSPS) is 22.8. The highest BCUT2D eigenvalue weighted by atomic mass is 35.5. The van der Waals surface area contributed by atoms with Gasteiger partial charge in [0.2, 0.25) is 10.0 Å². The van der Waals surface area contributed by atoms with Gasteiger partial charge in [0.1, 0.15) is 5.60 Å². The average molecular weight is 641 g/mol. The van der Waals surface area contributed by atoms with E-state index in [4.69, 9.17) is 32.8 Å². The molecule has 42 heavy (non-hydrogen) atoms. The van der Waals surface area contributed by atoms with E-state index < -0.39 is 58.2 Å². The fraction of sp³-hybridized carbons (Fsp3) is 0.483. The molecule has 0 aromatic heterocycles. The first-order valence-corrected chi connectivity index (χ1v) is 16.3. The molecule has 1 aliphatic carbocycles. The average Bonchev–Trinajstić information content (AvgIpc) is 2.87. The molecule has 0 radical (unpaired) electrons. The number of esters is 1. The minimum absolute atomic E-state index is 0.237. The number of hydrogen-bond donors (Lipinski definition) is 2. The number of rotatable bonds is 8. The van der Waals surface area contributed by atoms with Crippen LogP contribution in [-0.2, 0) is 29.2 Å². The Labute approximate surface area is 256 Å². The SMILES string of the molecule is CC(C)(C)OC(=O)CONC(=O)[C@@H]1c2ccccc2C(=O)N([C@H]2CCCC[C@@H]2NS(C)(=O)=O)[C@H]1c1ccc(Cl)cc1Cl. The molecular formula is C29H35Cl2N3O7S. The molecule has 1 saturated carbocycles. The fourth-order valence-electron chi connectivity index (χ4n) is 5.73. The number of fused-ring (bicyclic) bond motifs is 1. The van der Waals surface area contributed by atoms with Crippen LogP contribution in [0, 0.1) is 0 Å². The number of benzene rings is 2. The van der Waals surface area contributed by atoms with Crippen LogP contribution in [0.15, 0.2) is 42.5 Å². The van der Waals surface area contributed by atoms with Gasteiger partial charge in [-0.25, -0.2) is 23.4 Å². The Morgan fingerprint density at radius 3 is 2.40 bits per heavy atom. The summed E-state index contributed by atoms with van der Waals surface area (Å²) < 4.78 is 32.6. The van der Waals surface area contributed by atoms with Gasteiger partial charge in [0, 0.05) is 27.7 Å². The number of amides is 2.